The Kier molecular flexibility index (Phi) is 1.36. The fourth-order valence-electron chi connectivity index (χ4n) is 0. The second-order valence-electron chi connectivity index (χ2n) is 0.344. The lowest BCUT2D eigenvalue weighted by Gasteiger charge is -1.83. The lowest BCUT2D eigenvalue weighted by atomic mass is 10.3. The van der Waals surface area contributed by atoms with E-state index in [0.29, 0.717) is 0 Å². The SMILES string of the molecule is [B]N([B])F. The summed E-state index contributed by atoms with van der Waals surface area (Å²) in [6, 6.07) is 0. The first-order valence-corrected chi connectivity index (χ1v) is 0.685. The van der Waals surface area contributed by atoms with Crippen LogP contribution in [0.2, 0.25) is 0 Å². The van der Waals surface area contributed by atoms with Crippen LogP contribution in [0, 0.1) is 0 Å². The van der Waals surface area contributed by atoms with Crippen LogP contribution >= 0.6 is 0 Å². The van der Waals surface area contributed by atoms with Gasteiger partial charge in [0.05, 0.1) is 0 Å². The Balaban J connectivity index is 2.32. The highest BCUT2D eigenvalue weighted by Gasteiger charge is 1.67. The smallest absolute Gasteiger partial charge is 0.209 e. The molecule has 1 nitrogen and oxygen atoms in total. The summed E-state index contributed by atoms with van der Waals surface area (Å²) in [5, 5.41) is 0. The molecule has 0 saturated heterocycles. The summed E-state index contributed by atoms with van der Waals surface area (Å²) in [7, 11) is 8.11. The Labute approximate surface area is 26.6 Å². The second kappa shape index (κ2) is 1.35. The molecule has 0 heterocycles. The summed E-state index contributed by atoms with van der Waals surface area (Å²) >= 11 is 0. The van der Waals surface area contributed by atoms with Gasteiger partial charge in [-0.05, 0) is 0 Å². The van der Waals surface area contributed by atoms with E-state index >= 15 is 0 Å². The number of rotatable bonds is 0. The molecule has 4 heteroatoms. The van der Waals surface area contributed by atoms with E-state index in [2.05, 4.69) is 16.0 Å². The predicted octanol–water partition coefficient (Wildman–Crippen LogP) is -0.660. The first kappa shape index (κ1) is 4.02. The summed E-state index contributed by atoms with van der Waals surface area (Å²) in [5.74, 6) is 0. The molecule has 0 aliphatic rings. The van der Waals surface area contributed by atoms with Crippen molar-refractivity contribution in [2.24, 2.45) is 0 Å². The van der Waals surface area contributed by atoms with Gasteiger partial charge in [-0.2, -0.15) is 4.48 Å². The van der Waals surface area contributed by atoms with Gasteiger partial charge in [0.15, 0.2) is 0 Å². The third-order valence-corrected chi connectivity index (χ3v) is 0. The third-order valence-electron chi connectivity index (χ3n) is 0. The minimum absolute atomic E-state index is 0.500. The molecule has 0 aromatic heterocycles. The van der Waals surface area contributed by atoms with Crippen LogP contribution in [0.4, 0.5) is 4.48 Å². The summed E-state index contributed by atoms with van der Waals surface area (Å²) in [6.45, 7) is 0. The van der Waals surface area contributed by atoms with Gasteiger partial charge in [0.2, 0.25) is 16.0 Å². The quantitative estimate of drug-likeness (QED) is 0.262. The summed E-state index contributed by atoms with van der Waals surface area (Å²) in [4.78, 5) is -0.500. The Morgan fingerprint density at radius 3 is 1.50 bits per heavy atom. The molecule has 18 valence electrons. The molecular weight excluding hydrogens is 54.6 g/mol. The minimum Gasteiger partial charge on any atom is -0.255 e. The molecule has 0 aromatic carbocycles. The van der Waals surface area contributed by atoms with Crippen molar-refractivity contribution in [3.63, 3.8) is 0 Å². The zero-order valence-corrected chi connectivity index (χ0v) is 1.98. The highest BCUT2D eigenvalue weighted by atomic mass is 19.2. The largest absolute Gasteiger partial charge is 0.255 e. The minimum atomic E-state index is -0.500. The average molecular weight is 54.6 g/mol. The van der Waals surface area contributed by atoms with Crippen LogP contribution in [0.25, 0.3) is 0 Å². The van der Waals surface area contributed by atoms with Gasteiger partial charge < -0.3 is 0 Å². The molecule has 4 heavy (non-hydrogen) atoms. The van der Waals surface area contributed by atoms with Crippen molar-refractivity contribution < 1.29 is 4.48 Å². The van der Waals surface area contributed by atoms with Crippen LogP contribution in [0.15, 0.2) is 0 Å². The highest BCUT2D eigenvalue weighted by molar-refractivity contribution is 6.23. The van der Waals surface area contributed by atoms with E-state index in [1.165, 1.54) is 0 Å². The molecule has 0 unspecified atom stereocenters. The zero-order chi connectivity index (χ0) is 3.58. The Hall–Kier alpha value is 0.0199. The van der Waals surface area contributed by atoms with Gasteiger partial charge in [-0.3, -0.25) is 4.94 Å². The van der Waals surface area contributed by atoms with Crippen LogP contribution in [0.5, 0.6) is 0 Å². The molecule has 0 saturated carbocycles. The van der Waals surface area contributed by atoms with E-state index < -0.39 is 4.94 Å². The maximum atomic E-state index is 10.4. The molecule has 0 rings (SSSR count). The van der Waals surface area contributed by atoms with Gasteiger partial charge in [0.1, 0.15) is 0 Å². The van der Waals surface area contributed by atoms with E-state index in [4.69, 9.17) is 0 Å². The first-order valence-electron chi connectivity index (χ1n) is 0.685. The summed E-state index contributed by atoms with van der Waals surface area (Å²) < 4.78 is 10.4. The summed E-state index contributed by atoms with van der Waals surface area (Å²) in [6.07, 6.45) is 0. The molecular formula is B2FN. The standard InChI is InChI=1S/B2FN/c1-4(2)3. The van der Waals surface area contributed by atoms with Gasteiger partial charge in [-0.15, -0.1) is 0 Å². The van der Waals surface area contributed by atoms with Crippen molar-refractivity contribution in [1.29, 1.82) is 0 Å². The molecule has 0 N–H and O–H groups in total. The maximum Gasteiger partial charge on any atom is 0.209 e. The Morgan fingerprint density at radius 2 is 1.50 bits per heavy atom. The number of halogens is 1. The molecule has 0 aliphatic heterocycles. The lowest BCUT2D eigenvalue weighted by molar-refractivity contribution is 0.275. The molecule has 4 radical (unpaired) electrons. The monoisotopic (exact) mass is 55.0 g/mol. The average Bonchev–Trinajstić information content (AvgIpc) is 0.811. The van der Waals surface area contributed by atoms with Crippen molar-refractivity contribution in [3.05, 3.63) is 0 Å². The Bertz CT molecular complexity index is 10.8. The molecule has 0 fully saturated rings. The van der Waals surface area contributed by atoms with Gasteiger partial charge in [0, 0.05) is 0 Å². The van der Waals surface area contributed by atoms with Crippen molar-refractivity contribution in [2.75, 3.05) is 0 Å². The third kappa shape index (κ3) is 5320. The Morgan fingerprint density at radius 1 is 1.50 bits per heavy atom. The van der Waals surface area contributed by atoms with E-state index in [1.54, 1.807) is 0 Å². The summed E-state index contributed by atoms with van der Waals surface area (Å²) in [5.41, 5.74) is 0. The van der Waals surface area contributed by atoms with Crippen molar-refractivity contribution in [2.45, 2.75) is 0 Å². The lowest BCUT2D eigenvalue weighted by Crippen LogP contribution is -1.98. The van der Waals surface area contributed by atoms with Crippen molar-refractivity contribution >= 4 is 16.0 Å². The first-order chi connectivity index (χ1) is 1.73. The van der Waals surface area contributed by atoms with Gasteiger partial charge >= 0.3 is 0 Å². The van der Waals surface area contributed by atoms with Gasteiger partial charge in [-0.25, -0.2) is 0 Å². The molecule has 0 aliphatic carbocycles. The van der Waals surface area contributed by atoms with Crippen LogP contribution in [-0.2, 0) is 0 Å². The number of hydrogen-bond acceptors (Lipinski definition) is 1. The molecule has 0 aromatic rings. The highest BCUT2D eigenvalue weighted by Crippen LogP contribution is 1.57. The topological polar surface area (TPSA) is 3.24 Å². The second-order valence-corrected chi connectivity index (χ2v) is 0.344. The molecule has 0 atom stereocenters. The predicted molar refractivity (Wildman–Crippen MR) is 14.5 cm³/mol. The van der Waals surface area contributed by atoms with Crippen LogP contribution < -0.4 is 0 Å². The van der Waals surface area contributed by atoms with Crippen LogP contribution in [-0.4, -0.2) is 20.9 Å². The van der Waals surface area contributed by atoms with Crippen LogP contribution in [0.3, 0.4) is 0 Å². The molecule has 0 spiro atoms. The molecule has 0 bridgehead atoms. The van der Waals surface area contributed by atoms with Crippen molar-refractivity contribution in [1.82, 2.24) is 4.94 Å². The fraction of sp³-hybridized carbons (Fsp3) is 0. The van der Waals surface area contributed by atoms with E-state index in [9.17, 15) is 4.48 Å². The van der Waals surface area contributed by atoms with E-state index in [1.807, 2.05) is 0 Å². The normalized spacial score (nSPS) is 8.50. The van der Waals surface area contributed by atoms with Crippen LogP contribution in [0.1, 0.15) is 0 Å². The maximum absolute atomic E-state index is 10.4. The van der Waals surface area contributed by atoms with E-state index in [0.717, 1.165) is 0 Å². The molecule has 0 amide bonds. The number of hydrogen-bond donors (Lipinski definition) is 0. The fourth-order valence-corrected chi connectivity index (χ4v) is 0. The van der Waals surface area contributed by atoms with Gasteiger partial charge in [-0.1, -0.05) is 0 Å². The van der Waals surface area contributed by atoms with E-state index in [-0.39, 0.29) is 0 Å². The van der Waals surface area contributed by atoms with Crippen molar-refractivity contribution in [3.8, 4) is 0 Å². The zero-order valence-electron chi connectivity index (χ0n) is 1.98. The number of nitrogens with zero attached hydrogens (tertiary/aromatic N) is 1. The van der Waals surface area contributed by atoms with Gasteiger partial charge in [0.25, 0.3) is 0 Å².